The number of benzene rings is 1. The molecule has 1 aliphatic carbocycles. The molecule has 1 aromatic carbocycles. The lowest BCUT2D eigenvalue weighted by Gasteiger charge is -2.33. The molecule has 1 aliphatic heterocycles. The summed E-state index contributed by atoms with van der Waals surface area (Å²) in [6, 6.07) is 5.01. The fourth-order valence-electron chi connectivity index (χ4n) is 4.26. The van der Waals surface area contributed by atoms with Crippen molar-refractivity contribution in [3.63, 3.8) is 0 Å². The van der Waals surface area contributed by atoms with E-state index in [-0.39, 0.29) is 35.7 Å². The van der Waals surface area contributed by atoms with Gasteiger partial charge in [0.1, 0.15) is 17.7 Å². The molecule has 160 valence electrons. The normalized spacial score (nSPS) is 21.4. The molecule has 1 N–H and O–H groups in total. The van der Waals surface area contributed by atoms with Crippen molar-refractivity contribution in [3.8, 4) is 0 Å². The Morgan fingerprint density at radius 2 is 1.79 bits per heavy atom. The Kier molecular flexibility index (Phi) is 8.30. The van der Waals surface area contributed by atoms with E-state index in [4.69, 9.17) is 16.3 Å². The van der Waals surface area contributed by atoms with Gasteiger partial charge in [-0.1, -0.05) is 37.8 Å². The van der Waals surface area contributed by atoms with Crippen molar-refractivity contribution in [2.75, 3.05) is 19.0 Å². The predicted octanol–water partition coefficient (Wildman–Crippen LogP) is 3.95. The number of carbonyl (C=O) groups excluding carboxylic acids is 2. The van der Waals surface area contributed by atoms with Gasteiger partial charge in [-0.05, 0) is 43.4 Å². The lowest BCUT2D eigenvalue weighted by atomic mass is 10.0. The maximum Gasteiger partial charge on any atom is 0.247 e. The quantitative estimate of drug-likeness (QED) is 0.532. The molecule has 0 bridgehead atoms. The summed E-state index contributed by atoms with van der Waals surface area (Å²) in [5.74, 6) is -1.17. The van der Waals surface area contributed by atoms with Crippen LogP contribution in [0.15, 0.2) is 24.3 Å². The van der Waals surface area contributed by atoms with Crippen molar-refractivity contribution in [1.82, 2.24) is 10.2 Å². The number of rotatable bonds is 7. The minimum Gasteiger partial charge on any atom is -0.376 e. The fraction of sp³-hybridized carbons (Fsp3) is 0.636. The van der Waals surface area contributed by atoms with Crippen molar-refractivity contribution in [2.45, 2.75) is 69.6 Å². The molecule has 2 fully saturated rings. The molecule has 7 heteroatoms. The van der Waals surface area contributed by atoms with Gasteiger partial charge in [-0.3, -0.25) is 9.59 Å². The van der Waals surface area contributed by atoms with Gasteiger partial charge in [0.15, 0.2) is 0 Å². The Bertz CT molecular complexity index is 671. The van der Waals surface area contributed by atoms with Crippen LogP contribution in [0.3, 0.4) is 0 Å². The maximum absolute atomic E-state index is 13.5. The Morgan fingerprint density at radius 1 is 1.10 bits per heavy atom. The molecule has 1 aromatic rings. The van der Waals surface area contributed by atoms with Gasteiger partial charge < -0.3 is 15.0 Å². The summed E-state index contributed by atoms with van der Waals surface area (Å²) in [4.78, 5) is 27.6. The second-order valence-electron chi connectivity index (χ2n) is 7.97. The zero-order valence-corrected chi connectivity index (χ0v) is 17.5. The number of halogens is 2. The SMILES string of the molecule is O=C(NC1CCCCCC1)[C@@H](c1ccc(F)cc1)N(C[C@@H]1CCCO1)C(=O)CCl. The first kappa shape index (κ1) is 22.0. The molecule has 0 spiro atoms. The summed E-state index contributed by atoms with van der Waals surface area (Å²) in [5.41, 5.74) is 0.578. The highest BCUT2D eigenvalue weighted by Gasteiger charge is 2.34. The summed E-state index contributed by atoms with van der Waals surface area (Å²) in [6.45, 7) is 0.953. The summed E-state index contributed by atoms with van der Waals surface area (Å²) in [6.07, 6.45) is 8.09. The number of hydrogen-bond donors (Lipinski definition) is 1. The molecular weight excluding hydrogens is 395 g/mol. The molecule has 3 rings (SSSR count). The van der Waals surface area contributed by atoms with Crippen LogP contribution in [0.4, 0.5) is 4.39 Å². The van der Waals surface area contributed by atoms with Crippen molar-refractivity contribution < 1.29 is 18.7 Å². The van der Waals surface area contributed by atoms with Gasteiger partial charge in [-0.15, -0.1) is 11.6 Å². The second-order valence-corrected chi connectivity index (χ2v) is 8.23. The van der Waals surface area contributed by atoms with E-state index in [2.05, 4.69) is 5.32 Å². The molecule has 2 aliphatic rings. The van der Waals surface area contributed by atoms with Crippen LogP contribution < -0.4 is 5.32 Å². The van der Waals surface area contributed by atoms with Gasteiger partial charge in [0.25, 0.3) is 0 Å². The van der Waals surface area contributed by atoms with Gasteiger partial charge in [0, 0.05) is 19.2 Å². The van der Waals surface area contributed by atoms with Crippen LogP contribution in [0.5, 0.6) is 0 Å². The highest BCUT2D eigenvalue weighted by atomic mass is 35.5. The van der Waals surface area contributed by atoms with Gasteiger partial charge in [0.05, 0.1) is 6.10 Å². The van der Waals surface area contributed by atoms with E-state index >= 15 is 0 Å². The Balaban J connectivity index is 1.85. The van der Waals surface area contributed by atoms with Crippen LogP contribution in [-0.2, 0) is 14.3 Å². The van der Waals surface area contributed by atoms with Gasteiger partial charge in [-0.2, -0.15) is 0 Å². The number of nitrogens with zero attached hydrogens (tertiary/aromatic N) is 1. The van der Waals surface area contributed by atoms with Gasteiger partial charge in [0.2, 0.25) is 11.8 Å². The predicted molar refractivity (Wildman–Crippen MR) is 110 cm³/mol. The third-order valence-electron chi connectivity index (χ3n) is 5.81. The molecule has 2 amide bonds. The molecule has 2 atom stereocenters. The van der Waals surface area contributed by atoms with E-state index in [9.17, 15) is 14.0 Å². The number of hydrogen-bond acceptors (Lipinski definition) is 3. The van der Waals surface area contributed by atoms with Crippen molar-refractivity contribution in [3.05, 3.63) is 35.6 Å². The molecule has 0 unspecified atom stereocenters. The Hall–Kier alpha value is -1.66. The maximum atomic E-state index is 13.5. The summed E-state index contributed by atoms with van der Waals surface area (Å²) < 4.78 is 19.2. The van der Waals surface area contributed by atoms with Crippen LogP contribution >= 0.6 is 11.6 Å². The molecule has 1 saturated carbocycles. The average molecular weight is 425 g/mol. The smallest absolute Gasteiger partial charge is 0.247 e. The number of nitrogens with one attached hydrogen (secondary N) is 1. The number of alkyl halides is 1. The number of ether oxygens (including phenoxy) is 1. The molecule has 0 aromatic heterocycles. The largest absolute Gasteiger partial charge is 0.376 e. The van der Waals surface area contributed by atoms with E-state index < -0.39 is 6.04 Å². The van der Waals surface area contributed by atoms with E-state index in [1.54, 1.807) is 12.1 Å². The monoisotopic (exact) mass is 424 g/mol. The van der Waals surface area contributed by atoms with Crippen LogP contribution in [0.1, 0.15) is 63.0 Å². The average Bonchev–Trinajstić information content (AvgIpc) is 3.11. The molecular formula is C22H30ClFN2O3. The minimum atomic E-state index is -0.852. The summed E-state index contributed by atoms with van der Waals surface area (Å²) in [5, 5.41) is 3.15. The topological polar surface area (TPSA) is 58.6 Å². The Labute approximate surface area is 176 Å². The first-order valence-corrected chi connectivity index (χ1v) is 11.1. The standard InChI is InChI=1S/C22H30ClFN2O3/c23-14-20(27)26(15-19-8-5-13-29-19)21(16-9-11-17(24)12-10-16)22(28)25-18-6-3-1-2-4-7-18/h9-12,18-19,21H,1-8,13-15H2,(H,25,28)/t19-,21+/m0/s1. The Morgan fingerprint density at radius 3 is 2.38 bits per heavy atom. The zero-order chi connectivity index (χ0) is 20.6. The molecule has 0 radical (unpaired) electrons. The molecule has 1 heterocycles. The van der Waals surface area contributed by atoms with Crippen molar-refractivity contribution in [2.24, 2.45) is 0 Å². The molecule has 29 heavy (non-hydrogen) atoms. The van der Waals surface area contributed by atoms with E-state index in [1.165, 1.54) is 29.9 Å². The third kappa shape index (κ3) is 6.16. The number of amides is 2. The molecule has 5 nitrogen and oxygen atoms in total. The van der Waals surface area contributed by atoms with Crippen LogP contribution in [0.2, 0.25) is 0 Å². The van der Waals surface area contributed by atoms with Crippen LogP contribution in [0.25, 0.3) is 0 Å². The highest BCUT2D eigenvalue weighted by Crippen LogP contribution is 2.26. The lowest BCUT2D eigenvalue weighted by molar-refractivity contribution is -0.141. The highest BCUT2D eigenvalue weighted by molar-refractivity contribution is 6.27. The zero-order valence-electron chi connectivity index (χ0n) is 16.7. The lowest BCUT2D eigenvalue weighted by Crippen LogP contribution is -2.49. The first-order valence-electron chi connectivity index (χ1n) is 10.6. The van der Waals surface area contributed by atoms with Crippen LogP contribution in [-0.4, -0.2) is 47.9 Å². The molecule has 1 saturated heterocycles. The fourth-order valence-corrected chi connectivity index (χ4v) is 4.41. The second kappa shape index (κ2) is 10.9. The van der Waals surface area contributed by atoms with Gasteiger partial charge >= 0.3 is 0 Å². The summed E-state index contributed by atoms with van der Waals surface area (Å²) in [7, 11) is 0. The first-order chi connectivity index (χ1) is 14.1. The van der Waals surface area contributed by atoms with Gasteiger partial charge in [-0.25, -0.2) is 4.39 Å². The third-order valence-corrected chi connectivity index (χ3v) is 6.03. The number of carbonyl (C=O) groups is 2. The van der Waals surface area contributed by atoms with Crippen LogP contribution in [0, 0.1) is 5.82 Å². The minimum absolute atomic E-state index is 0.101. The summed E-state index contributed by atoms with van der Waals surface area (Å²) >= 11 is 5.88. The van der Waals surface area contributed by atoms with Crippen molar-refractivity contribution >= 4 is 23.4 Å². The van der Waals surface area contributed by atoms with E-state index in [0.717, 1.165) is 38.5 Å². The van der Waals surface area contributed by atoms with Crippen molar-refractivity contribution in [1.29, 1.82) is 0 Å². The van der Waals surface area contributed by atoms with E-state index in [1.807, 2.05) is 0 Å². The van der Waals surface area contributed by atoms with E-state index in [0.29, 0.717) is 18.7 Å².